The molecule has 0 radical (unpaired) electrons. The summed E-state index contributed by atoms with van der Waals surface area (Å²) >= 11 is 7.75. The van der Waals surface area contributed by atoms with Gasteiger partial charge >= 0.3 is 0 Å². The molecule has 24 heavy (non-hydrogen) atoms. The highest BCUT2D eigenvalue weighted by Crippen LogP contribution is 2.45. The van der Waals surface area contributed by atoms with E-state index < -0.39 is 0 Å². The molecule has 0 bridgehead atoms. The Morgan fingerprint density at radius 2 is 1.50 bits per heavy atom. The zero-order chi connectivity index (χ0) is 16.7. The zero-order valence-corrected chi connectivity index (χ0v) is 14.6. The standard InChI is InChI=1S/C20H17ClO2S/c21-12-5-7-13(8-6-12)24-14-9-10-17-18(11-14)20(23)16-4-2-1-3-15(16)19(17)22/h1-8,14,22-23H,9-11H2. The predicted molar refractivity (Wildman–Crippen MR) is 100 cm³/mol. The minimum atomic E-state index is 0.319. The highest BCUT2D eigenvalue weighted by atomic mass is 35.5. The normalized spacial score (nSPS) is 17.0. The molecular formula is C20H17ClO2S. The van der Waals surface area contributed by atoms with Gasteiger partial charge in [0.05, 0.1) is 0 Å². The summed E-state index contributed by atoms with van der Waals surface area (Å²) in [6, 6.07) is 15.3. The number of rotatable bonds is 2. The molecule has 0 saturated heterocycles. The fourth-order valence-corrected chi connectivity index (χ4v) is 4.73. The van der Waals surface area contributed by atoms with Gasteiger partial charge in [0.1, 0.15) is 11.5 Å². The third-order valence-corrected chi connectivity index (χ3v) is 6.17. The van der Waals surface area contributed by atoms with Crippen molar-refractivity contribution in [2.24, 2.45) is 0 Å². The number of phenolic OH excluding ortho intramolecular Hbond substituents is 2. The Morgan fingerprint density at radius 3 is 2.17 bits per heavy atom. The molecule has 4 rings (SSSR count). The average molecular weight is 357 g/mol. The van der Waals surface area contributed by atoms with E-state index in [9.17, 15) is 10.2 Å². The summed E-state index contributed by atoms with van der Waals surface area (Å²) in [5.74, 6) is 0.646. The van der Waals surface area contributed by atoms with Gasteiger partial charge in [-0.25, -0.2) is 0 Å². The van der Waals surface area contributed by atoms with Crippen LogP contribution in [0.5, 0.6) is 11.5 Å². The Labute approximate surface area is 150 Å². The summed E-state index contributed by atoms with van der Waals surface area (Å²) in [5.41, 5.74) is 1.79. The molecule has 1 aliphatic rings. The lowest BCUT2D eigenvalue weighted by Crippen LogP contribution is -2.16. The van der Waals surface area contributed by atoms with Gasteiger partial charge in [0.2, 0.25) is 0 Å². The van der Waals surface area contributed by atoms with Gasteiger partial charge in [-0.3, -0.25) is 0 Å². The van der Waals surface area contributed by atoms with E-state index in [1.165, 1.54) is 4.90 Å². The summed E-state index contributed by atoms with van der Waals surface area (Å²) < 4.78 is 0. The van der Waals surface area contributed by atoms with E-state index in [0.29, 0.717) is 16.7 Å². The lowest BCUT2D eigenvalue weighted by atomic mass is 9.87. The molecule has 0 heterocycles. The third kappa shape index (κ3) is 2.72. The number of benzene rings is 3. The maximum atomic E-state index is 10.7. The molecule has 1 atom stereocenters. The van der Waals surface area contributed by atoms with Crippen LogP contribution in [-0.2, 0) is 12.8 Å². The number of aromatic hydroxyl groups is 2. The number of hydrogen-bond acceptors (Lipinski definition) is 3. The fraction of sp³-hybridized carbons (Fsp3) is 0.200. The van der Waals surface area contributed by atoms with E-state index in [2.05, 4.69) is 0 Å². The molecule has 0 saturated carbocycles. The van der Waals surface area contributed by atoms with Gasteiger partial charge < -0.3 is 10.2 Å². The van der Waals surface area contributed by atoms with Crippen molar-refractivity contribution >= 4 is 34.1 Å². The molecular weight excluding hydrogens is 340 g/mol. The Kier molecular flexibility index (Phi) is 4.07. The second-order valence-corrected chi connectivity index (χ2v) is 7.95. The highest BCUT2D eigenvalue weighted by molar-refractivity contribution is 8.00. The van der Waals surface area contributed by atoms with Crippen LogP contribution in [0.3, 0.4) is 0 Å². The van der Waals surface area contributed by atoms with Crippen molar-refractivity contribution in [3.8, 4) is 11.5 Å². The van der Waals surface area contributed by atoms with E-state index in [1.807, 2.05) is 48.5 Å². The van der Waals surface area contributed by atoms with Crippen molar-refractivity contribution in [1.29, 1.82) is 0 Å². The molecule has 2 nitrogen and oxygen atoms in total. The van der Waals surface area contributed by atoms with E-state index in [4.69, 9.17) is 11.6 Å². The molecule has 4 heteroatoms. The van der Waals surface area contributed by atoms with Gasteiger partial charge in [0, 0.05) is 37.1 Å². The second kappa shape index (κ2) is 6.23. The summed E-state index contributed by atoms with van der Waals surface area (Å²) in [5, 5.41) is 23.9. The minimum absolute atomic E-state index is 0.319. The predicted octanol–water partition coefficient (Wildman–Crippen LogP) is 5.55. The van der Waals surface area contributed by atoms with Gasteiger partial charge in [-0.05, 0) is 43.5 Å². The van der Waals surface area contributed by atoms with Crippen LogP contribution >= 0.6 is 23.4 Å². The number of fused-ring (bicyclic) bond motifs is 2. The molecule has 0 spiro atoms. The molecule has 0 amide bonds. The number of thioether (sulfide) groups is 1. The summed E-state index contributed by atoms with van der Waals surface area (Å²) in [6.45, 7) is 0. The van der Waals surface area contributed by atoms with Crippen LogP contribution in [0, 0.1) is 0 Å². The number of phenols is 2. The molecule has 0 fully saturated rings. The SMILES string of the molecule is Oc1c2c(c(O)c3ccccc13)CC(Sc1ccc(Cl)cc1)CC2. The molecule has 0 aliphatic heterocycles. The Hall–Kier alpha value is -1.84. The molecule has 122 valence electrons. The lowest BCUT2D eigenvalue weighted by molar-refractivity contribution is 0.450. The molecule has 0 aromatic heterocycles. The zero-order valence-electron chi connectivity index (χ0n) is 13.0. The largest absolute Gasteiger partial charge is 0.507 e. The summed E-state index contributed by atoms with van der Waals surface area (Å²) in [6.07, 6.45) is 2.52. The van der Waals surface area contributed by atoms with Crippen LogP contribution in [0.2, 0.25) is 5.02 Å². The Bertz CT molecular complexity index is 906. The van der Waals surface area contributed by atoms with Crippen molar-refractivity contribution in [1.82, 2.24) is 0 Å². The first kappa shape index (κ1) is 15.7. The van der Waals surface area contributed by atoms with Crippen molar-refractivity contribution < 1.29 is 10.2 Å². The van der Waals surface area contributed by atoms with Crippen molar-refractivity contribution in [3.63, 3.8) is 0 Å². The Balaban J connectivity index is 1.68. The van der Waals surface area contributed by atoms with Crippen molar-refractivity contribution in [2.75, 3.05) is 0 Å². The van der Waals surface area contributed by atoms with Gasteiger partial charge in [0.25, 0.3) is 0 Å². The maximum absolute atomic E-state index is 10.7. The van der Waals surface area contributed by atoms with E-state index >= 15 is 0 Å². The number of halogens is 1. The van der Waals surface area contributed by atoms with Gasteiger partial charge in [0.15, 0.2) is 0 Å². The maximum Gasteiger partial charge on any atom is 0.127 e. The van der Waals surface area contributed by atoms with E-state index in [0.717, 1.165) is 46.2 Å². The molecule has 2 N–H and O–H groups in total. The first-order valence-electron chi connectivity index (χ1n) is 8.00. The van der Waals surface area contributed by atoms with E-state index in [1.54, 1.807) is 11.8 Å². The molecule has 3 aromatic rings. The second-order valence-electron chi connectivity index (χ2n) is 6.14. The highest BCUT2D eigenvalue weighted by Gasteiger charge is 2.26. The lowest BCUT2D eigenvalue weighted by Gasteiger charge is -2.26. The average Bonchev–Trinajstić information content (AvgIpc) is 2.62. The van der Waals surface area contributed by atoms with Crippen molar-refractivity contribution in [2.45, 2.75) is 29.4 Å². The quantitative estimate of drug-likeness (QED) is 0.591. The van der Waals surface area contributed by atoms with Crippen LogP contribution in [0.1, 0.15) is 17.5 Å². The molecule has 1 aliphatic carbocycles. The first-order valence-corrected chi connectivity index (χ1v) is 9.26. The van der Waals surface area contributed by atoms with Crippen molar-refractivity contribution in [3.05, 3.63) is 64.7 Å². The summed E-state index contributed by atoms with van der Waals surface area (Å²) in [7, 11) is 0. The topological polar surface area (TPSA) is 40.5 Å². The van der Waals surface area contributed by atoms with Gasteiger partial charge in [-0.1, -0.05) is 35.9 Å². The third-order valence-electron chi connectivity index (χ3n) is 4.64. The number of hydrogen-bond donors (Lipinski definition) is 2. The Morgan fingerprint density at radius 1 is 0.875 bits per heavy atom. The van der Waals surface area contributed by atoms with Crippen LogP contribution in [0.4, 0.5) is 0 Å². The molecule has 3 aromatic carbocycles. The van der Waals surface area contributed by atoms with E-state index in [-0.39, 0.29) is 0 Å². The van der Waals surface area contributed by atoms with Crippen LogP contribution in [-0.4, -0.2) is 15.5 Å². The van der Waals surface area contributed by atoms with Gasteiger partial charge in [-0.2, -0.15) is 0 Å². The fourth-order valence-electron chi connectivity index (χ4n) is 3.44. The summed E-state index contributed by atoms with van der Waals surface area (Å²) in [4.78, 5) is 1.18. The van der Waals surface area contributed by atoms with Crippen LogP contribution < -0.4 is 0 Å². The minimum Gasteiger partial charge on any atom is -0.507 e. The first-order chi connectivity index (χ1) is 11.6. The smallest absolute Gasteiger partial charge is 0.127 e. The van der Waals surface area contributed by atoms with Gasteiger partial charge in [-0.15, -0.1) is 11.8 Å². The molecule has 1 unspecified atom stereocenters. The van der Waals surface area contributed by atoms with Crippen LogP contribution in [0.15, 0.2) is 53.4 Å². The van der Waals surface area contributed by atoms with Crippen LogP contribution in [0.25, 0.3) is 10.8 Å². The monoisotopic (exact) mass is 356 g/mol.